The standard InChI is InChI=1S/C22H20N6OS/c30-22-27-26-21(20-18-7-4-8-19(18)24-25-20)28(22)23-13-15-9-11-17(12-10-15)29-14-16-5-2-1-3-6-16/h1-3,5-6,9-13H,4,7-8,14H2,(H,24,25)(H,27,30). The highest BCUT2D eigenvalue weighted by atomic mass is 32.1. The molecule has 0 saturated carbocycles. The van der Waals surface area contributed by atoms with Crippen molar-refractivity contribution in [3.05, 3.63) is 81.8 Å². The summed E-state index contributed by atoms with van der Waals surface area (Å²) in [4.78, 5) is 0. The van der Waals surface area contributed by atoms with Gasteiger partial charge in [0.25, 0.3) is 0 Å². The number of aromatic amines is 2. The molecular weight excluding hydrogens is 396 g/mol. The van der Waals surface area contributed by atoms with E-state index in [4.69, 9.17) is 17.0 Å². The molecule has 4 aromatic rings. The third-order valence-electron chi connectivity index (χ3n) is 5.12. The Hall–Kier alpha value is -3.52. The molecule has 0 aliphatic heterocycles. The van der Waals surface area contributed by atoms with Crippen LogP contribution in [0.4, 0.5) is 0 Å². The SMILES string of the molecule is S=c1[nH]nc(-c2n[nH]c3c2CCC3)n1N=Cc1ccc(OCc2ccccc2)cc1. The zero-order valence-corrected chi connectivity index (χ0v) is 17.0. The van der Waals surface area contributed by atoms with E-state index in [9.17, 15) is 0 Å². The van der Waals surface area contributed by atoms with Crippen LogP contribution in [0.15, 0.2) is 59.7 Å². The van der Waals surface area contributed by atoms with Crippen LogP contribution in [0.1, 0.15) is 28.8 Å². The van der Waals surface area contributed by atoms with Gasteiger partial charge < -0.3 is 4.74 Å². The number of aryl methyl sites for hydroxylation is 1. The minimum Gasteiger partial charge on any atom is -0.489 e. The molecule has 1 aliphatic rings. The maximum absolute atomic E-state index is 5.83. The first-order valence-electron chi connectivity index (χ1n) is 9.83. The highest BCUT2D eigenvalue weighted by Gasteiger charge is 2.23. The van der Waals surface area contributed by atoms with E-state index in [1.54, 1.807) is 10.9 Å². The fourth-order valence-electron chi connectivity index (χ4n) is 3.57. The smallest absolute Gasteiger partial charge is 0.216 e. The second-order valence-corrected chi connectivity index (χ2v) is 7.52. The minimum absolute atomic E-state index is 0.429. The summed E-state index contributed by atoms with van der Waals surface area (Å²) in [6.07, 6.45) is 4.90. The lowest BCUT2D eigenvalue weighted by Crippen LogP contribution is -1.98. The highest BCUT2D eigenvalue weighted by molar-refractivity contribution is 7.71. The van der Waals surface area contributed by atoms with Gasteiger partial charge in [0.15, 0.2) is 0 Å². The molecule has 2 aromatic heterocycles. The molecule has 0 atom stereocenters. The average Bonchev–Trinajstić information content (AvgIpc) is 3.49. The lowest BCUT2D eigenvalue weighted by Gasteiger charge is -2.06. The minimum atomic E-state index is 0.429. The number of rotatable bonds is 6. The summed E-state index contributed by atoms with van der Waals surface area (Å²) in [5, 5.41) is 19.2. The summed E-state index contributed by atoms with van der Waals surface area (Å²) in [6, 6.07) is 17.9. The van der Waals surface area contributed by atoms with E-state index in [0.717, 1.165) is 41.8 Å². The predicted octanol–water partition coefficient (Wildman–Crippen LogP) is 4.28. The van der Waals surface area contributed by atoms with E-state index in [1.165, 1.54) is 11.3 Å². The van der Waals surface area contributed by atoms with E-state index >= 15 is 0 Å². The normalized spacial score (nSPS) is 13.1. The number of fused-ring (bicyclic) bond motifs is 1. The van der Waals surface area contributed by atoms with Crippen molar-refractivity contribution >= 4 is 18.4 Å². The molecule has 5 rings (SSSR count). The third kappa shape index (κ3) is 3.69. The second kappa shape index (κ2) is 8.08. The number of nitrogens with zero attached hydrogens (tertiary/aromatic N) is 4. The molecule has 30 heavy (non-hydrogen) atoms. The Morgan fingerprint density at radius 3 is 2.70 bits per heavy atom. The number of ether oxygens (including phenoxy) is 1. The number of benzene rings is 2. The molecule has 2 aromatic carbocycles. The van der Waals surface area contributed by atoms with Crippen LogP contribution in [0.25, 0.3) is 11.5 Å². The Bertz CT molecular complexity index is 1240. The van der Waals surface area contributed by atoms with Gasteiger partial charge in [-0.25, -0.2) is 5.10 Å². The molecule has 0 spiro atoms. The van der Waals surface area contributed by atoms with Gasteiger partial charge in [-0.2, -0.15) is 20.0 Å². The van der Waals surface area contributed by atoms with Gasteiger partial charge in [-0.1, -0.05) is 30.3 Å². The third-order valence-corrected chi connectivity index (χ3v) is 5.38. The van der Waals surface area contributed by atoms with Crippen molar-refractivity contribution in [3.63, 3.8) is 0 Å². The van der Waals surface area contributed by atoms with Crippen molar-refractivity contribution in [1.82, 2.24) is 25.1 Å². The first kappa shape index (κ1) is 18.5. The largest absolute Gasteiger partial charge is 0.489 e. The Kier molecular flexibility index (Phi) is 4.98. The van der Waals surface area contributed by atoms with Gasteiger partial charge in [-0.15, -0.1) is 0 Å². The van der Waals surface area contributed by atoms with Crippen molar-refractivity contribution in [1.29, 1.82) is 0 Å². The van der Waals surface area contributed by atoms with Crippen LogP contribution in [0.3, 0.4) is 0 Å². The molecule has 150 valence electrons. The molecule has 2 N–H and O–H groups in total. The molecule has 7 nitrogen and oxygen atoms in total. The second-order valence-electron chi connectivity index (χ2n) is 7.13. The summed E-state index contributed by atoms with van der Waals surface area (Å²) in [5.41, 5.74) is 5.27. The molecule has 0 radical (unpaired) electrons. The number of H-pyrrole nitrogens is 2. The number of nitrogens with one attached hydrogen (secondary N) is 2. The predicted molar refractivity (Wildman–Crippen MR) is 117 cm³/mol. The first-order chi connectivity index (χ1) is 14.8. The van der Waals surface area contributed by atoms with E-state index in [0.29, 0.717) is 17.2 Å². The summed E-state index contributed by atoms with van der Waals surface area (Å²) in [6.45, 7) is 0.538. The molecule has 0 fully saturated rings. The van der Waals surface area contributed by atoms with Crippen molar-refractivity contribution in [3.8, 4) is 17.3 Å². The Morgan fingerprint density at radius 1 is 1.03 bits per heavy atom. The highest BCUT2D eigenvalue weighted by Crippen LogP contribution is 2.29. The number of hydrogen-bond acceptors (Lipinski definition) is 5. The average molecular weight is 417 g/mol. The van der Waals surface area contributed by atoms with Gasteiger partial charge in [0.05, 0.1) is 6.21 Å². The van der Waals surface area contributed by atoms with E-state index < -0.39 is 0 Å². The molecule has 2 heterocycles. The summed E-state index contributed by atoms with van der Waals surface area (Å²) in [5.74, 6) is 1.43. The summed E-state index contributed by atoms with van der Waals surface area (Å²) >= 11 is 5.37. The summed E-state index contributed by atoms with van der Waals surface area (Å²) in [7, 11) is 0. The molecule has 0 amide bonds. The van der Waals surface area contributed by atoms with Gasteiger partial charge in [0.1, 0.15) is 18.1 Å². The first-order valence-corrected chi connectivity index (χ1v) is 10.2. The van der Waals surface area contributed by atoms with Crippen LogP contribution < -0.4 is 4.74 Å². The molecule has 0 bridgehead atoms. The zero-order valence-electron chi connectivity index (χ0n) is 16.2. The van der Waals surface area contributed by atoms with E-state index in [1.807, 2.05) is 54.6 Å². The molecular formula is C22H20N6OS. The van der Waals surface area contributed by atoms with E-state index in [2.05, 4.69) is 25.5 Å². The van der Waals surface area contributed by atoms with Crippen molar-refractivity contribution in [2.24, 2.45) is 5.10 Å². The maximum atomic E-state index is 5.83. The van der Waals surface area contributed by atoms with Crippen LogP contribution >= 0.6 is 12.2 Å². The number of aromatic nitrogens is 5. The quantitative estimate of drug-likeness (QED) is 0.363. The molecule has 1 aliphatic carbocycles. The molecule has 8 heteroatoms. The summed E-state index contributed by atoms with van der Waals surface area (Å²) < 4.78 is 7.88. The van der Waals surface area contributed by atoms with Gasteiger partial charge in [-0.05, 0) is 66.9 Å². The van der Waals surface area contributed by atoms with Crippen LogP contribution in [-0.2, 0) is 19.4 Å². The Balaban J connectivity index is 1.32. The van der Waals surface area contributed by atoms with Crippen LogP contribution in [0.2, 0.25) is 0 Å². The zero-order chi connectivity index (χ0) is 20.3. The number of hydrogen-bond donors (Lipinski definition) is 2. The molecule has 0 saturated heterocycles. The van der Waals surface area contributed by atoms with Crippen LogP contribution in [0.5, 0.6) is 5.75 Å². The lowest BCUT2D eigenvalue weighted by molar-refractivity contribution is 0.306. The monoisotopic (exact) mass is 416 g/mol. The van der Waals surface area contributed by atoms with E-state index in [-0.39, 0.29) is 0 Å². The van der Waals surface area contributed by atoms with Gasteiger partial charge >= 0.3 is 0 Å². The van der Waals surface area contributed by atoms with Gasteiger partial charge in [-0.3, -0.25) is 5.10 Å². The fourth-order valence-corrected chi connectivity index (χ4v) is 3.75. The van der Waals surface area contributed by atoms with Crippen molar-refractivity contribution in [2.75, 3.05) is 0 Å². The van der Waals surface area contributed by atoms with Gasteiger partial charge in [0.2, 0.25) is 10.6 Å². The van der Waals surface area contributed by atoms with Crippen molar-refractivity contribution < 1.29 is 4.74 Å². The molecule has 0 unspecified atom stereocenters. The Labute approximate surface area is 178 Å². The maximum Gasteiger partial charge on any atom is 0.216 e. The topological polar surface area (TPSA) is 83.9 Å². The van der Waals surface area contributed by atoms with Crippen LogP contribution in [-0.4, -0.2) is 31.3 Å². The fraction of sp³-hybridized carbons (Fsp3) is 0.182. The van der Waals surface area contributed by atoms with Crippen LogP contribution in [0, 0.1) is 4.77 Å². The van der Waals surface area contributed by atoms with Gasteiger partial charge in [0, 0.05) is 11.3 Å². The lowest BCUT2D eigenvalue weighted by atomic mass is 10.2. The Morgan fingerprint density at radius 2 is 1.87 bits per heavy atom. The van der Waals surface area contributed by atoms with Crippen molar-refractivity contribution in [2.45, 2.75) is 25.9 Å².